The van der Waals surface area contributed by atoms with Crippen LogP contribution in [0.5, 0.6) is 0 Å². The lowest BCUT2D eigenvalue weighted by Gasteiger charge is -2.40. The summed E-state index contributed by atoms with van der Waals surface area (Å²) >= 11 is 0. The van der Waals surface area contributed by atoms with Crippen LogP contribution in [0.25, 0.3) is 0 Å². The fourth-order valence-electron chi connectivity index (χ4n) is 5.13. The van der Waals surface area contributed by atoms with E-state index >= 15 is 0 Å². The highest BCUT2D eigenvalue weighted by Crippen LogP contribution is 2.40. The lowest BCUT2D eigenvalue weighted by atomic mass is 9.86. The summed E-state index contributed by atoms with van der Waals surface area (Å²) in [6.07, 6.45) is 2.95. The number of amides is 1. The van der Waals surface area contributed by atoms with Crippen molar-refractivity contribution in [3.8, 4) is 0 Å². The van der Waals surface area contributed by atoms with Gasteiger partial charge in [0.2, 0.25) is 0 Å². The van der Waals surface area contributed by atoms with Crippen molar-refractivity contribution in [3.63, 3.8) is 0 Å². The van der Waals surface area contributed by atoms with Crippen molar-refractivity contribution in [1.82, 2.24) is 15.2 Å². The number of piperidine rings is 2. The van der Waals surface area contributed by atoms with Gasteiger partial charge in [-0.05, 0) is 57.0 Å². The molecule has 2 bridgehead atoms. The summed E-state index contributed by atoms with van der Waals surface area (Å²) in [5.41, 5.74) is 2.92. The molecule has 1 N–H and O–H groups in total. The molecule has 3 heterocycles. The second-order valence-corrected chi connectivity index (χ2v) is 10.5. The monoisotopic (exact) mass is 597 g/mol. The minimum Gasteiger partial charge on any atom is -0.336 e. The lowest BCUT2D eigenvalue weighted by molar-refractivity contribution is -0.140. The van der Waals surface area contributed by atoms with Crippen molar-refractivity contribution in [3.05, 3.63) is 53.4 Å². The molecule has 0 spiro atoms. The van der Waals surface area contributed by atoms with E-state index in [9.17, 15) is 27.2 Å². The summed E-state index contributed by atoms with van der Waals surface area (Å²) in [7, 11) is 5.57. The molecule has 4 rings (SSSR count). The third-order valence-electron chi connectivity index (χ3n) is 7.11. The summed E-state index contributed by atoms with van der Waals surface area (Å²) in [5.74, 6) is -1.46. The zero-order valence-corrected chi connectivity index (χ0v) is 25.2. The Bertz CT molecular complexity index is 1160. The molecule has 0 saturated carbocycles. The van der Waals surface area contributed by atoms with Crippen LogP contribution in [0, 0.1) is 11.7 Å². The maximum Gasteiger partial charge on any atom is 0.419 e. The molecule has 2 fully saturated rings. The molecule has 7 nitrogen and oxygen atoms in total. The predicted molar refractivity (Wildman–Crippen MR) is 159 cm³/mol. The largest absolute Gasteiger partial charge is 0.419 e. The van der Waals surface area contributed by atoms with Gasteiger partial charge in [0.1, 0.15) is 11.5 Å². The van der Waals surface area contributed by atoms with Gasteiger partial charge in [0.25, 0.3) is 5.91 Å². The van der Waals surface area contributed by atoms with Gasteiger partial charge in [0.05, 0.1) is 17.2 Å². The van der Waals surface area contributed by atoms with E-state index < -0.39 is 17.6 Å². The van der Waals surface area contributed by atoms with Crippen LogP contribution in [0.2, 0.25) is 0 Å². The zero-order chi connectivity index (χ0) is 30.7. The van der Waals surface area contributed by atoms with Crippen LogP contribution in [0.4, 0.5) is 17.6 Å². The average Bonchev–Trinajstić information content (AvgIpc) is 2.95. The molecule has 0 aromatic heterocycles. The number of alkyl halides is 3. The van der Waals surface area contributed by atoms with E-state index in [1.54, 1.807) is 24.1 Å². The molecule has 41 heavy (non-hydrogen) atoms. The molecule has 12 heteroatoms. The Morgan fingerprint density at radius 3 is 2.41 bits per heavy atom. The molecule has 3 unspecified atom stereocenters. The van der Waals surface area contributed by atoms with Crippen LogP contribution in [-0.2, 0) is 15.8 Å². The number of allylic oxidation sites excluding steroid dienone is 2. The Morgan fingerprint density at radius 1 is 1.20 bits per heavy atom. The fraction of sp³-hybridized carbons (Fsp3) is 0.517. The van der Waals surface area contributed by atoms with Gasteiger partial charge in [0.15, 0.2) is 6.29 Å². The first-order chi connectivity index (χ1) is 19.5. The van der Waals surface area contributed by atoms with Gasteiger partial charge in [-0.3, -0.25) is 14.6 Å². The molecule has 1 aromatic rings. The van der Waals surface area contributed by atoms with Crippen molar-refractivity contribution in [2.45, 2.75) is 51.2 Å². The van der Waals surface area contributed by atoms with Crippen molar-refractivity contribution < 1.29 is 27.2 Å². The van der Waals surface area contributed by atoms with Crippen molar-refractivity contribution in [1.29, 1.82) is 0 Å². The summed E-state index contributed by atoms with van der Waals surface area (Å²) in [4.78, 5) is 31.1. The van der Waals surface area contributed by atoms with Gasteiger partial charge in [0, 0.05) is 37.6 Å². The highest BCUT2D eigenvalue weighted by Gasteiger charge is 2.39. The van der Waals surface area contributed by atoms with Crippen molar-refractivity contribution in [2.24, 2.45) is 16.0 Å². The molecule has 3 aliphatic rings. The van der Waals surface area contributed by atoms with E-state index in [0.29, 0.717) is 37.2 Å². The predicted octanol–water partition coefficient (Wildman–Crippen LogP) is 4.35. The maximum atomic E-state index is 13.8. The second kappa shape index (κ2) is 15.9. The number of nitrogens with one attached hydrogen (secondary N) is 1. The molecule has 1 amide bonds. The number of hydrogen-bond acceptors (Lipinski definition) is 6. The molecular formula is C29H40F4N5O2P. The third-order valence-corrected chi connectivity index (χ3v) is 7.56. The fourth-order valence-corrected chi connectivity index (χ4v) is 5.37. The minimum atomic E-state index is -4.64. The van der Waals surface area contributed by atoms with E-state index in [1.165, 1.54) is 18.3 Å². The van der Waals surface area contributed by atoms with Crippen LogP contribution in [0.15, 0.2) is 46.5 Å². The van der Waals surface area contributed by atoms with Crippen LogP contribution in [0.1, 0.15) is 50.2 Å². The van der Waals surface area contributed by atoms with E-state index in [1.807, 2.05) is 30.1 Å². The summed E-state index contributed by atoms with van der Waals surface area (Å²) < 4.78 is 53.0. The Hall–Kier alpha value is -2.91. The van der Waals surface area contributed by atoms with Crippen LogP contribution >= 0.6 is 9.24 Å². The van der Waals surface area contributed by atoms with Gasteiger partial charge < -0.3 is 15.2 Å². The number of fused-ring (bicyclic) bond motifs is 2. The van der Waals surface area contributed by atoms with E-state index in [-0.39, 0.29) is 34.7 Å². The first kappa shape index (κ1) is 34.3. The summed E-state index contributed by atoms with van der Waals surface area (Å²) in [6, 6.07) is 2.93. The molecule has 3 aliphatic heterocycles. The standard InChI is InChI=1S/C14H18N4O2.C13H16F4NP.C2H6/c1-3-4-10(6-15-2)14(20)18-7-11-5-12(8-18)16-17-13(11)9-19;1-18-6-4-8(5-7-18)9-2-3-10(19)12(14)11(9)13(15,16)17;1-2/h3-4,6,9,11-12,16H,1,5,7-8H2,2H3;2-3,8H,4-7,19H2,1H3;1-2H3/b10-4+,15-6?;;. The number of halogens is 4. The zero-order valence-electron chi connectivity index (χ0n) is 24.0. The number of hydrazone groups is 1. The van der Waals surface area contributed by atoms with Gasteiger partial charge in [-0.2, -0.15) is 18.3 Å². The van der Waals surface area contributed by atoms with E-state index in [2.05, 4.69) is 27.0 Å². The average molecular weight is 598 g/mol. The Morgan fingerprint density at radius 2 is 1.85 bits per heavy atom. The Labute approximate surface area is 242 Å². The highest BCUT2D eigenvalue weighted by molar-refractivity contribution is 7.27. The number of carbonyl (C=O) groups excluding carboxylic acids is 2. The van der Waals surface area contributed by atoms with Gasteiger partial charge in [-0.1, -0.05) is 38.6 Å². The molecular weight excluding hydrogens is 557 g/mol. The number of likely N-dealkylation sites (tertiary alicyclic amines) is 2. The number of rotatable bonds is 5. The molecule has 1 aromatic carbocycles. The number of benzene rings is 1. The number of aldehydes is 1. The van der Waals surface area contributed by atoms with Gasteiger partial charge in [-0.15, -0.1) is 9.24 Å². The maximum absolute atomic E-state index is 13.8. The Balaban J connectivity index is 0.000000271. The van der Waals surface area contributed by atoms with Crippen molar-refractivity contribution >= 4 is 38.7 Å². The van der Waals surface area contributed by atoms with Gasteiger partial charge in [-0.25, -0.2) is 4.39 Å². The molecule has 226 valence electrons. The van der Waals surface area contributed by atoms with Crippen LogP contribution in [0.3, 0.4) is 0 Å². The second-order valence-electron chi connectivity index (χ2n) is 9.88. The van der Waals surface area contributed by atoms with Crippen molar-refractivity contribution in [2.75, 3.05) is 40.3 Å². The van der Waals surface area contributed by atoms with Crippen LogP contribution < -0.4 is 10.7 Å². The van der Waals surface area contributed by atoms with E-state index in [4.69, 9.17) is 0 Å². The molecule has 2 saturated heterocycles. The SMILES string of the molecule is C=C/C=C(\C=NC)C(=O)N1CC2CC(C1)C(C=O)=NN2.CC.CN1CCC(c2ccc(P)c(F)c2C(F)(F)F)CC1. The van der Waals surface area contributed by atoms with E-state index in [0.717, 1.165) is 25.8 Å². The van der Waals surface area contributed by atoms with Gasteiger partial charge >= 0.3 is 6.18 Å². The quantitative estimate of drug-likeness (QED) is 0.137. The number of nitrogens with zero attached hydrogens (tertiary/aromatic N) is 4. The molecule has 0 aliphatic carbocycles. The normalized spacial score (nSPS) is 21.5. The summed E-state index contributed by atoms with van der Waals surface area (Å²) in [5, 5.41) is 4.01. The number of carbonyl (C=O) groups is 2. The first-order valence-corrected chi connectivity index (χ1v) is 14.2. The third kappa shape index (κ3) is 9.04. The number of hydrogen-bond donors (Lipinski definition) is 1. The molecule has 3 atom stereocenters. The summed E-state index contributed by atoms with van der Waals surface area (Å²) in [6.45, 7) is 10.2. The minimum absolute atomic E-state index is 0.0139. The van der Waals surface area contributed by atoms with Crippen LogP contribution in [-0.4, -0.2) is 80.2 Å². The first-order valence-electron chi connectivity index (χ1n) is 13.7. The topological polar surface area (TPSA) is 77.4 Å². The highest BCUT2D eigenvalue weighted by atomic mass is 31.0. The number of aliphatic imine (C=N–C) groups is 1. The molecule has 0 radical (unpaired) electrons. The smallest absolute Gasteiger partial charge is 0.336 e. The lowest BCUT2D eigenvalue weighted by Crippen LogP contribution is -2.55. The Kier molecular flexibility index (Phi) is 13.3.